The number of hydrogen-bond donors (Lipinski definition) is 7. The van der Waals surface area contributed by atoms with Crippen LogP contribution >= 0.6 is 0 Å². The molecule has 0 amide bonds. The van der Waals surface area contributed by atoms with Crippen molar-refractivity contribution < 1.29 is 45.2 Å². The average molecular weight is 637 g/mol. The Morgan fingerprint density at radius 3 is 2.29 bits per heavy atom. The van der Waals surface area contributed by atoms with Gasteiger partial charge in [-0.3, -0.25) is 0 Å². The Bertz CT molecular complexity index is 1110. The van der Waals surface area contributed by atoms with Gasteiger partial charge >= 0.3 is 0 Å². The van der Waals surface area contributed by atoms with Crippen LogP contribution in [-0.2, 0) is 9.47 Å². The number of hydrogen-bond acceptors (Lipinski definition) is 9. The predicted molar refractivity (Wildman–Crippen MR) is 170 cm³/mol. The summed E-state index contributed by atoms with van der Waals surface area (Å²) in [4.78, 5) is 0. The van der Waals surface area contributed by atoms with Crippen LogP contribution in [-0.4, -0.2) is 98.5 Å². The highest BCUT2D eigenvalue weighted by Crippen LogP contribution is 2.75. The Labute approximate surface area is 269 Å². The molecule has 45 heavy (non-hydrogen) atoms. The number of allylic oxidation sites excluding steroid dienone is 2. The second-order valence-corrected chi connectivity index (χ2v) is 16.4. The zero-order valence-electron chi connectivity index (χ0n) is 28.2. The van der Waals surface area contributed by atoms with Crippen molar-refractivity contribution in [3.05, 3.63) is 23.3 Å². The van der Waals surface area contributed by atoms with E-state index in [1.54, 1.807) is 0 Å². The molecular formula is C36H60O9. The molecule has 0 radical (unpaired) electrons. The van der Waals surface area contributed by atoms with Crippen LogP contribution in [0.2, 0.25) is 0 Å². The van der Waals surface area contributed by atoms with Gasteiger partial charge in [0, 0.05) is 10.8 Å². The van der Waals surface area contributed by atoms with Gasteiger partial charge in [0.05, 0.1) is 32.0 Å². The van der Waals surface area contributed by atoms with Gasteiger partial charge in [0.25, 0.3) is 0 Å². The molecular weight excluding hydrogens is 576 g/mol. The lowest BCUT2D eigenvalue weighted by molar-refractivity contribution is -0.320. The SMILES string of the molecule is CC(CCC=C(CO)CO)C1CCC2(C)C3CC=C4C(CCC(OC5OC(CO)C(O)C(O)C5O)C4(C)C)C3(C)C(O)CC12C. The molecule has 0 spiro atoms. The molecule has 1 heterocycles. The first-order chi connectivity index (χ1) is 21.1. The summed E-state index contributed by atoms with van der Waals surface area (Å²) in [6, 6.07) is 0. The summed E-state index contributed by atoms with van der Waals surface area (Å²) < 4.78 is 12.1. The van der Waals surface area contributed by atoms with E-state index in [0.717, 1.165) is 44.9 Å². The fourth-order valence-corrected chi connectivity index (χ4v) is 11.2. The van der Waals surface area contributed by atoms with E-state index in [1.165, 1.54) is 5.57 Å². The normalized spacial score (nSPS) is 48.1. The largest absolute Gasteiger partial charge is 0.394 e. The van der Waals surface area contributed by atoms with Gasteiger partial charge in [-0.1, -0.05) is 59.3 Å². The first kappa shape index (κ1) is 35.4. The number of rotatable bonds is 9. The van der Waals surface area contributed by atoms with Crippen molar-refractivity contribution in [3.63, 3.8) is 0 Å². The van der Waals surface area contributed by atoms with E-state index in [4.69, 9.17) is 9.47 Å². The maximum absolute atomic E-state index is 12.2. The molecule has 14 unspecified atom stereocenters. The highest BCUT2D eigenvalue weighted by Gasteiger charge is 2.70. The second kappa shape index (κ2) is 12.9. The van der Waals surface area contributed by atoms with Crippen LogP contribution in [0.3, 0.4) is 0 Å². The van der Waals surface area contributed by atoms with Gasteiger partial charge in [0.2, 0.25) is 0 Å². The van der Waals surface area contributed by atoms with Gasteiger partial charge in [-0.2, -0.15) is 0 Å². The van der Waals surface area contributed by atoms with E-state index in [0.29, 0.717) is 29.7 Å². The third-order valence-corrected chi connectivity index (χ3v) is 14.2. The van der Waals surface area contributed by atoms with Crippen molar-refractivity contribution in [1.82, 2.24) is 0 Å². The smallest absolute Gasteiger partial charge is 0.187 e. The Kier molecular flexibility index (Phi) is 10.1. The highest BCUT2D eigenvalue weighted by molar-refractivity contribution is 5.31. The van der Waals surface area contributed by atoms with Gasteiger partial charge in [-0.15, -0.1) is 0 Å². The topological polar surface area (TPSA) is 160 Å². The molecule has 0 aromatic carbocycles. The van der Waals surface area contributed by atoms with Crippen LogP contribution in [0.5, 0.6) is 0 Å². The van der Waals surface area contributed by atoms with Crippen LogP contribution in [0.1, 0.15) is 92.9 Å². The monoisotopic (exact) mass is 636 g/mol. The summed E-state index contributed by atoms with van der Waals surface area (Å²) in [5.74, 6) is 1.48. The van der Waals surface area contributed by atoms with Crippen molar-refractivity contribution in [2.75, 3.05) is 19.8 Å². The van der Waals surface area contributed by atoms with Crippen molar-refractivity contribution in [2.24, 2.45) is 45.3 Å². The van der Waals surface area contributed by atoms with Crippen molar-refractivity contribution in [2.45, 2.75) is 136 Å². The first-order valence-electron chi connectivity index (χ1n) is 17.4. The molecule has 258 valence electrons. The molecule has 14 atom stereocenters. The lowest BCUT2D eigenvalue weighted by Crippen LogP contribution is -2.65. The van der Waals surface area contributed by atoms with E-state index in [1.807, 2.05) is 6.08 Å². The van der Waals surface area contributed by atoms with Crippen LogP contribution in [0, 0.1) is 45.3 Å². The first-order valence-corrected chi connectivity index (χ1v) is 17.4. The van der Waals surface area contributed by atoms with Crippen LogP contribution in [0.25, 0.3) is 0 Å². The molecule has 4 fully saturated rings. The van der Waals surface area contributed by atoms with E-state index in [-0.39, 0.29) is 41.5 Å². The number of aliphatic hydroxyl groups is 7. The van der Waals surface area contributed by atoms with Gasteiger partial charge in [0.1, 0.15) is 24.4 Å². The minimum absolute atomic E-state index is 0.000787. The zero-order chi connectivity index (χ0) is 33.1. The minimum Gasteiger partial charge on any atom is -0.394 e. The molecule has 5 rings (SSSR count). The van der Waals surface area contributed by atoms with Crippen LogP contribution in [0.15, 0.2) is 23.3 Å². The summed E-state index contributed by atoms with van der Waals surface area (Å²) >= 11 is 0. The quantitative estimate of drug-likeness (QED) is 0.189. The Hall–Kier alpha value is -0.880. The van der Waals surface area contributed by atoms with Crippen molar-refractivity contribution >= 4 is 0 Å². The molecule has 3 saturated carbocycles. The molecule has 9 nitrogen and oxygen atoms in total. The van der Waals surface area contributed by atoms with Crippen LogP contribution in [0.4, 0.5) is 0 Å². The van der Waals surface area contributed by atoms with E-state index in [2.05, 4.69) is 47.6 Å². The second-order valence-electron chi connectivity index (χ2n) is 16.4. The molecule has 0 bridgehead atoms. The summed E-state index contributed by atoms with van der Waals surface area (Å²) in [6.45, 7) is 13.2. The van der Waals surface area contributed by atoms with E-state index >= 15 is 0 Å². The molecule has 0 aromatic heterocycles. The lowest BCUT2D eigenvalue weighted by Gasteiger charge is -2.67. The third-order valence-electron chi connectivity index (χ3n) is 14.2. The Balaban J connectivity index is 1.37. The number of aliphatic hydroxyl groups excluding tert-OH is 7. The van der Waals surface area contributed by atoms with E-state index in [9.17, 15) is 35.7 Å². The van der Waals surface area contributed by atoms with E-state index < -0.39 is 48.8 Å². The van der Waals surface area contributed by atoms with Crippen molar-refractivity contribution in [3.8, 4) is 0 Å². The lowest BCUT2D eigenvalue weighted by atomic mass is 9.38. The number of fused-ring (bicyclic) bond motifs is 5. The van der Waals surface area contributed by atoms with Gasteiger partial charge < -0.3 is 45.2 Å². The summed E-state index contributed by atoms with van der Waals surface area (Å²) in [6.07, 6.45) is 4.42. The fraction of sp³-hybridized carbons (Fsp3) is 0.889. The Morgan fingerprint density at radius 2 is 1.64 bits per heavy atom. The zero-order valence-corrected chi connectivity index (χ0v) is 28.2. The van der Waals surface area contributed by atoms with Crippen molar-refractivity contribution in [1.29, 1.82) is 0 Å². The molecule has 4 aliphatic carbocycles. The molecule has 1 saturated heterocycles. The Morgan fingerprint density at radius 1 is 0.956 bits per heavy atom. The molecule has 5 aliphatic rings. The average Bonchev–Trinajstić information content (AvgIpc) is 3.27. The van der Waals surface area contributed by atoms with Gasteiger partial charge in [-0.25, -0.2) is 0 Å². The summed E-state index contributed by atoms with van der Waals surface area (Å²) in [7, 11) is 0. The molecule has 0 aromatic rings. The summed E-state index contributed by atoms with van der Waals surface area (Å²) in [5.41, 5.74) is 1.33. The highest BCUT2D eigenvalue weighted by atomic mass is 16.7. The van der Waals surface area contributed by atoms with Crippen LogP contribution < -0.4 is 0 Å². The maximum Gasteiger partial charge on any atom is 0.187 e. The fourth-order valence-electron chi connectivity index (χ4n) is 11.2. The maximum atomic E-state index is 12.2. The van der Waals surface area contributed by atoms with Gasteiger partial charge in [0.15, 0.2) is 6.29 Å². The predicted octanol–water partition coefficient (Wildman–Crippen LogP) is 3.07. The minimum atomic E-state index is -1.48. The third kappa shape index (κ3) is 5.50. The molecule has 9 heteroatoms. The summed E-state index contributed by atoms with van der Waals surface area (Å²) in [5, 5.41) is 72.0. The number of ether oxygens (including phenoxy) is 2. The molecule has 7 N–H and O–H groups in total. The standard InChI is InChI=1S/C36H60O9/c1-20(8-7-9-21(17-37)18-38)22-14-15-34(4)26-12-10-23-24(36(26,6)27(40)16-35(22,34)5)11-13-28(33(23,2)3)45-32-31(43)30(42)29(41)25(19-39)44-32/h9-10,20,22,24-32,37-43H,7-8,11-19H2,1-6H3. The molecule has 1 aliphatic heterocycles. The van der Waals surface area contributed by atoms with Gasteiger partial charge in [-0.05, 0) is 91.4 Å².